The number of nitrogens with zero attached hydrogens (tertiary/aromatic N) is 1. The van der Waals surface area contributed by atoms with Crippen LogP contribution in [0.15, 0.2) is 65.7 Å². The lowest BCUT2D eigenvalue weighted by Crippen LogP contribution is -2.43. The molecule has 2 rings (SSSR count). The maximum Gasteiger partial charge on any atom is 0.239 e. The van der Waals surface area contributed by atoms with Gasteiger partial charge in [-0.25, -0.2) is 0 Å². The predicted octanol–water partition coefficient (Wildman–Crippen LogP) is 2.14. The van der Waals surface area contributed by atoms with Crippen LogP contribution in [-0.4, -0.2) is 38.5 Å². The van der Waals surface area contributed by atoms with Gasteiger partial charge in [0.25, 0.3) is 0 Å². The molecule has 0 aromatic heterocycles. The van der Waals surface area contributed by atoms with Gasteiger partial charge in [-0.2, -0.15) is 0 Å². The topological polar surface area (TPSA) is 65.5 Å². The van der Waals surface area contributed by atoms with Crippen molar-refractivity contribution in [1.82, 2.24) is 16.0 Å². The first kappa shape index (κ1) is 19.5. The van der Waals surface area contributed by atoms with Crippen LogP contribution in [0.3, 0.4) is 0 Å². The first-order valence-corrected chi connectivity index (χ1v) is 9.07. The molecule has 0 radical (unpaired) electrons. The normalized spacial score (nSPS) is 11.0. The number of hydrogen-bond acceptors (Lipinski definition) is 2. The Labute approximate surface area is 155 Å². The highest BCUT2D eigenvalue weighted by molar-refractivity contribution is 5.86. The molecule has 0 atom stereocenters. The number of carbonyl (C=O) groups excluding carboxylic acids is 1. The standard InChI is InChI=1S/C21H28N4O/c1-22-21(24-15-8-13-18-9-4-2-5-10-18)25-17-20(26)23-16-14-19-11-6-3-7-12-19/h2-7,9-12H,8,13-17H2,1H3,(H,23,26)(H2,22,24,25). The van der Waals surface area contributed by atoms with Gasteiger partial charge >= 0.3 is 0 Å². The Hall–Kier alpha value is -2.82. The fraction of sp³-hybridized carbons (Fsp3) is 0.333. The second-order valence-corrected chi connectivity index (χ2v) is 6.03. The van der Waals surface area contributed by atoms with Crippen molar-refractivity contribution in [3.05, 3.63) is 71.8 Å². The van der Waals surface area contributed by atoms with Gasteiger partial charge in [-0.1, -0.05) is 60.7 Å². The molecule has 2 aromatic carbocycles. The van der Waals surface area contributed by atoms with Gasteiger partial charge in [0.15, 0.2) is 5.96 Å². The lowest BCUT2D eigenvalue weighted by Gasteiger charge is -2.12. The maximum absolute atomic E-state index is 11.9. The van der Waals surface area contributed by atoms with E-state index in [1.807, 2.05) is 24.3 Å². The summed E-state index contributed by atoms with van der Waals surface area (Å²) in [4.78, 5) is 16.1. The predicted molar refractivity (Wildman–Crippen MR) is 107 cm³/mol. The number of hydrogen-bond donors (Lipinski definition) is 3. The van der Waals surface area contributed by atoms with Crippen molar-refractivity contribution in [2.24, 2.45) is 4.99 Å². The first-order chi connectivity index (χ1) is 12.8. The zero-order valence-electron chi connectivity index (χ0n) is 15.4. The van der Waals surface area contributed by atoms with Gasteiger partial charge in [-0.05, 0) is 30.4 Å². The summed E-state index contributed by atoms with van der Waals surface area (Å²) in [5.74, 6) is 0.615. The van der Waals surface area contributed by atoms with Gasteiger partial charge in [0.2, 0.25) is 5.91 Å². The highest BCUT2D eigenvalue weighted by atomic mass is 16.1. The zero-order valence-corrected chi connectivity index (χ0v) is 15.4. The monoisotopic (exact) mass is 352 g/mol. The number of nitrogens with one attached hydrogen (secondary N) is 3. The third-order valence-corrected chi connectivity index (χ3v) is 4.00. The number of amides is 1. The number of aliphatic imine (C=N–C) groups is 1. The van der Waals surface area contributed by atoms with E-state index < -0.39 is 0 Å². The Morgan fingerprint density at radius 3 is 2.04 bits per heavy atom. The molecule has 0 aliphatic carbocycles. The van der Waals surface area contributed by atoms with E-state index in [9.17, 15) is 4.79 Å². The second-order valence-electron chi connectivity index (χ2n) is 6.03. The second kappa shape index (κ2) is 11.7. The third kappa shape index (κ3) is 7.83. The molecule has 0 spiro atoms. The van der Waals surface area contributed by atoms with E-state index in [1.165, 1.54) is 11.1 Å². The minimum atomic E-state index is -0.0341. The molecule has 0 aliphatic heterocycles. The lowest BCUT2D eigenvalue weighted by molar-refractivity contribution is -0.119. The molecule has 138 valence electrons. The van der Waals surface area contributed by atoms with Gasteiger partial charge in [0.1, 0.15) is 0 Å². The summed E-state index contributed by atoms with van der Waals surface area (Å²) in [6.45, 7) is 1.66. The van der Waals surface area contributed by atoms with Gasteiger partial charge in [0.05, 0.1) is 6.54 Å². The van der Waals surface area contributed by atoms with E-state index in [0.29, 0.717) is 12.5 Å². The molecule has 0 bridgehead atoms. The van der Waals surface area contributed by atoms with E-state index in [1.54, 1.807) is 7.05 Å². The van der Waals surface area contributed by atoms with E-state index in [0.717, 1.165) is 25.8 Å². The van der Waals surface area contributed by atoms with E-state index in [2.05, 4.69) is 57.3 Å². The Morgan fingerprint density at radius 1 is 0.808 bits per heavy atom. The Balaban J connectivity index is 1.56. The third-order valence-electron chi connectivity index (χ3n) is 4.00. The van der Waals surface area contributed by atoms with Crippen molar-refractivity contribution in [3.8, 4) is 0 Å². The summed E-state index contributed by atoms with van der Waals surface area (Å²) >= 11 is 0. The maximum atomic E-state index is 11.9. The number of guanidine groups is 1. The summed E-state index contributed by atoms with van der Waals surface area (Å²) in [5.41, 5.74) is 2.55. The van der Waals surface area contributed by atoms with Crippen molar-refractivity contribution >= 4 is 11.9 Å². The van der Waals surface area contributed by atoms with Gasteiger partial charge in [-0.15, -0.1) is 0 Å². The van der Waals surface area contributed by atoms with Gasteiger partial charge < -0.3 is 16.0 Å². The van der Waals surface area contributed by atoms with Crippen molar-refractivity contribution in [3.63, 3.8) is 0 Å². The van der Waals surface area contributed by atoms with Crippen LogP contribution < -0.4 is 16.0 Å². The van der Waals surface area contributed by atoms with E-state index in [-0.39, 0.29) is 12.5 Å². The SMILES string of the molecule is CN=C(NCCCc1ccccc1)NCC(=O)NCCc1ccccc1. The van der Waals surface area contributed by atoms with Crippen molar-refractivity contribution in [2.75, 3.05) is 26.7 Å². The van der Waals surface area contributed by atoms with Crippen LogP contribution in [-0.2, 0) is 17.6 Å². The zero-order chi connectivity index (χ0) is 18.5. The minimum absolute atomic E-state index is 0.0341. The van der Waals surface area contributed by atoms with Crippen LogP contribution in [0, 0.1) is 0 Å². The molecule has 0 saturated carbocycles. The van der Waals surface area contributed by atoms with Gasteiger partial charge in [-0.3, -0.25) is 9.79 Å². The summed E-state index contributed by atoms with van der Waals surface area (Å²) in [7, 11) is 1.71. The smallest absolute Gasteiger partial charge is 0.239 e. The van der Waals surface area contributed by atoms with Crippen molar-refractivity contribution in [1.29, 1.82) is 0 Å². The van der Waals surface area contributed by atoms with Crippen LogP contribution in [0.4, 0.5) is 0 Å². The summed E-state index contributed by atoms with van der Waals surface area (Å²) in [6.07, 6.45) is 2.86. The fourth-order valence-electron chi connectivity index (χ4n) is 2.58. The average molecular weight is 352 g/mol. The van der Waals surface area contributed by atoms with Crippen molar-refractivity contribution < 1.29 is 4.79 Å². The van der Waals surface area contributed by atoms with Crippen molar-refractivity contribution in [2.45, 2.75) is 19.3 Å². The summed E-state index contributed by atoms with van der Waals surface area (Å²) in [5, 5.41) is 9.19. The number of aryl methyl sites for hydroxylation is 1. The fourth-order valence-corrected chi connectivity index (χ4v) is 2.58. The quantitative estimate of drug-likeness (QED) is 0.368. The lowest BCUT2D eigenvalue weighted by atomic mass is 10.1. The minimum Gasteiger partial charge on any atom is -0.356 e. The molecule has 5 heteroatoms. The highest BCUT2D eigenvalue weighted by Gasteiger charge is 2.03. The molecule has 1 amide bonds. The Morgan fingerprint density at radius 2 is 1.42 bits per heavy atom. The average Bonchev–Trinajstić information content (AvgIpc) is 2.69. The molecule has 0 unspecified atom stereocenters. The number of rotatable bonds is 9. The first-order valence-electron chi connectivity index (χ1n) is 9.07. The largest absolute Gasteiger partial charge is 0.356 e. The molecule has 5 nitrogen and oxygen atoms in total. The Bertz CT molecular complexity index is 671. The summed E-state index contributed by atoms with van der Waals surface area (Å²) < 4.78 is 0. The van der Waals surface area contributed by atoms with Crippen LogP contribution in [0.2, 0.25) is 0 Å². The Kier molecular flexibility index (Phi) is 8.77. The molecule has 3 N–H and O–H groups in total. The number of benzene rings is 2. The molecule has 2 aromatic rings. The van der Waals surface area contributed by atoms with E-state index >= 15 is 0 Å². The van der Waals surface area contributed by atoms with E-state index in [4.69, 9.17) is 0 Å². The molecular weight excluding hydrogens is 324 g/mol. The molecule has 0 fully saturated rings. The molecule has 0 aliphatic rings. The highest BCUT2D eigenvalue weighted by Crippen LogP contribution is 2.01. The molecule has 0 saturated heterocycles. The van der Waals surface area contributed by atoms with Crippen LogP contribution >= 0.6 is 0 Å². The molecule has 26 heavy (non-hydrogen) atoms. The number of carbonyl (C=O) groups is 1. The molecule has 0 heterocycles. The van der Waals surface area contributed by atoms with Crippen LogP contribution in [0.5, 0.6) is 0 Å². The van der Waals surface area contributed by atoms with Crippen LogP contribution in [0.25, 0.3) is 0 Å². The molecular formula is C21H28N4O. The van der Waals surface area contributed by atoms with Crippen LogP contribution in [0.1, 0.15) is 17.5 Å². The van der Waals surface area contributed by atoms with Gasteiger partial charge in [0, 0.05) is 20.1 Å². The summed E-state index contributed by atoms with van der Waals surface area (Å²) in [6, 6.07) is 20.5.